The summed E-state index contributed by atoms with van der Waals surface area (Å²) < 4.78 is 0. The van der Waals surface area contributed by atoms with Gasteiger partial charge in [0.1, 0.15) is 0 Å². The molecule has 0 spiro atoms. The first-order chi connectivity index (χ1) is 8.74. The summed E-state index contributed by atoms with van der Waals surface area (Å²) in [7, 11) is 0. The van der Waals surface area contributed by atoms with E-state index in [4.69, 9.17) is 5.11 Å². The fourth-order valence-corrected chi connectivity index (χ4v) is 2.54. The Hall–Kier alpha value is -0.870. The number of hydrogen-bond donors (Lipinski definition) is 3. The Morgan fingerprint density at radius 1 is 1.53 bits per heavy atom. The molecule has 4 nitrogen and oxygen atoms in total. The number of rotatable bonds is 5. The van der Waals surface area contributed by atoms with Gasteiger partial charge in [-0.25, -0.2) is 0 Å². The van der Waals surface area contributed by atoms with Crippen molar-refractivity contribution in [3.63, 3.8) is 0 Å². The number of carbonyl (C=O) groups is 1. The molecule has 1 fully saturated rings. The van der Waals surface area contributed by atoms with Crippen LogP contribution < -0.4 is 0 Å². The third kappa shape index (κ3) is 4.62. The van der Waals surface area contributed by atoms with Gasteiger partial charge in [-0.2, -0.15) is 0 Å². The maximum Gasteiger partial charge on any atom is 0.306 e. The maximum absolute atomic E-state index is 10.7. The number of carboxylic acid groups (broad SMARTS) is 1. The topological polar surface area (TPSA) is 77.8 Å². The molecule has 0 radical (unpaired) electrons. The molecule has 0 amide bonds. The van der Waals surface area contributed by atoms with E-state index in [2.05, 4.69) is 6.08 Å². The van der Waals surface area contributed by atoms with Crippen LogP contribution in [-0.2, 0) is 4.79 Å². The molecule has 4 atom stereocenters. The van der Waals surface area contributed by atoms with Gasteiger partial charge in [0.15, 0.2) is 0 Å². The van der Waals surface area contributed by atoms with Crippen LogP contribution in [0.2, 0.25) is 0 Å². The highest BCUT2D eigenvalue weighted by Gasteiger charge is 2.37. The first-order valence-electron chi connectivity index (χ1n) is 7.04. The molecular weight excluding hydrogens is 244 g/mol. The van der Waals surface area contributed by atoms with Crippen molar-refractivity contribution in [2.45, 2.75) is 64.6 Å². The second-order valence-electron chi connectivity index (χ2n) is 6.11. The summed E-state index contributed by atoms with van der Waals surface area (Å²) in [6, 6.07) is 0. The monoisotopic (exact) mass is 270 g/mol. The van der Waals surface area contributed by atoms with Gasteiger partial charge in [-0.1, -0.05) is 18.6 Å². The predicted molar refractivity (Wildman–Crippen MR) is 73.8 cm³/mol. The lowest BCUT2D eigenvalue weighted by atomic mass is 9.75. The van der Waals surface area contributed by atoms with Gasteiger partial charge in [-0.15, -0.1) is 0 Å². The summed E-state index contributed by atoms with van der Waals surface area (Å²) in [5.74, 6) is -0.771. The Morgan fingerprint density at radius 2 is 2.16 bits per heavy atom. The van der Waals surface area contributed by atoms with Crippen LogP contribution in [0.5, 0.6) is 0 Å². The van der Waals surface area contributed by atoms with Crippen molar-refractivity contribution in [2.75, 3.05) is 0 Å². The summed E-state index contributed by atoms with van der Waals surface area (Å²) in [4.78, 5) is 10.7. The molecular formula is C15H26O4. The zero-order valence-electron chi connectivity index (χ0n) is 12.1. The Bertz CT molecular complexity index is 346. The number of hydrogen-bond acceptors (Lipinski definition) is 3. The summed E-state index contributed by atoms with van der Waals surface area (Å²) in [6.45, 7) is 5.43. The normalized spacial score (nSPS) is 34.1. The van der Waals surface area contributed by atoms with E-state index >= 15 is 0 Å². The molecule has 0 aromatic rings. The molecule has 1 aliphatic rings. The lowest BCUT2D eigenvalue weighted by molar-refractivity contribution is -0.141. The zero-order valence-corrected chi connectivity index (χ0v) is 12.1. The van der Waals surface area contributed by atoms with Gasteiger partial charge in [-0.05, 0) is 51.9 Å². The van der Waals surface area contributed by atoms with Crippen LogP contribution in [0.3, 0.4) is 0 Å². The molecule has 0 aromatic heterocycles. The summed E-state index contributed by atoms with van der Waals surface area (Å²) in [5, 5.41) is 28.6. The van der Waals surface area contributed by atoms with Gasteiger partial charge < -0.3 is 15.3 Å². The van der Waals surface area contributed by atoms with Crippen molar-refractivity contribution >= 4 is 5.97 Å². The molecule has 1 saturated carbocycles. The minimum atomic E-state index is -0.964. The average molecular weight is 270 g/mol. The average Bonchev–Trinajstić information content (AvgIpc) is 2.32. The van der Waals surface area contributed by atoms with Crippen molar-refractivity contribution in [3.8, 4) is 0 Å². The number of allylic oxidation sites excluding steroid dienone is 2. The van der Waals surface area contributed by atoms with Crippen LogP contribution in [-0.4, -0.2) is 33.0 Å². The van der Waals surface area contributed by atoms with E-state index < -0.39 is 17.7 Å². The van der Waals surface area contributed by atoms with Crippen LogP contribution in [0.4, 0.5) is 0 Å². The fourth-order valence-electron chi connectivity index (χ4n) is 2.54. The highest BCUT2D eigenvalue weighted by Crippen LogP contribution is 2.35. The van der Waals surface area contributed by atoms with Gasteiger partial charge in [0.25, 0.3) is 0 Å². The van der Waals surface area contributed by atoms with Gasteiger partial charge in [-0.3, -0.25) is 4.79 Å². The number of carboxylic acids is 1. The smallest absolute Gasteiger partial charge is 0.306 e. The summed E-state index contributed by atoms with van der Waals surface area (Å²) in [5.41, 5.74) is 0.237. The highest BCUT2D eigenvalue weighted by atomic mass is 16.4. The molecule has 1 aliphatic carbocycles. The highest BCUT2D eigenvalue weighted by molar-refractivity contribution is 5.69. The van der Waals surface area contributed by atoms with Crippen LogP contribution in [0, 0.1) is 11.8 Å². The summed E-state index contributed by atoms with van der Waals surface area (Å²) >= 11 is 0. The largest absolute Gasteiger partial charge is 0.481 e. The molecule has 1 rings (SSSR count). The molecule has 0 aromatic carbocycles. The molecule has 110 valence electrons. The van der Waals surface area contributed by atoms with Crippen molar-refractivity contribution in [1.82, 2.24) is 0 Å². The molecule has 0 unspecified atom stereocenters. The Labute approximate surface area is 115 Å². The first-order valence-corrected chi connectivity index (χ1v) is 7.04. The van der Waals surface area contributed by atoms with E-state index in [1.807, 2.05) is 6.92 Å². The molecule has 0 aliphatic heterocycles. The van der Waals surface area contributed by atoms with Gasteiger partial charge in [0.2, 0.25) is 0 Å². The molecule has 0 saturated heterocycles. The van der Waals surface area contributed by atoms with E-state index in [0.29, 0.717) is 25.2 Å². The SMILES string of the molecule is C/C(=C\CC[C@H](C)C(=O)O)[C@H]1CC[C@@](C)(O)[C@@H](O)C1. The third-order valence-corrected chi connectivity index (χ3v) is 4.36. The van der Waals surface area contributed by atoms with Crippen LogP contribution in [0.1, 0.15) is 52.9 Å². The summed E-state index contributed by atoms with van der Waals surface area (Å²) in [6.07, 6.45) is 4.87. The fraction of sp³-hybridized carbons (Fsp3) is 0.800. The van der Waals surface area contributed by atoms with Crippen molar-refractivity contribution in [2.24, 2.45) is 11.8 Å². The lowest BCUT2D eigenvalue weighted by Gasteiger charge is -2.38. The zero-order chi connectivity index (χ0) is 14.6. The maximum atomic E-state index is 10.7. The molecule has 19 heavy (non-hydrogen) atoms. The molecule has 0 heterocycles. The quantitative estimate of drug-likeness (QED) is 0.670. The minimum Gasteiger partial charge on any atom is -0.481 e. The lowest BCUT2D eigenvalue weighted by Crippen LogP contribution is -2.44. The Morgan fingerprint density at radius 3 is 2.68 bits per heavy atom. The van der Waals surface area contributed by atoms with Crippen LogP contribution in [0.25, 0.3) is 0 Å². The van der Waals surface area contributed by atoms with Gasteiger partial charge in [0, 0.05) is 0 Å². The van der Waals surface area contributed by atoms with Crippen molar-refractivity contribution in [3.05, 3.63) is 11.6 Å². The second kappa shape index (κ2) is 6.53. The first kappa shape index (κ1) is 16.2. The Kier molecular flexibility index (Phi) is 5.56. The van der Waals surface area contributed by atoms with E-state index in [1.165, 1.54) is 5.57 Å². The van der Waals surface area contributed by atoms with E-state index in [-0.39, 0.29) is 5.92 Å². The minimum absolute atomic E-state index is 0.301. The van der Waals surface area contributed by atoms with E-state index in [0.717, 1.165) is 12.8 Å². The molecule has 3 N–H and O–H groups in total. The van der Waals surface area contributed by atoms with Gasteiger partial charge in [0.05, 0.1) is 17.6 Å². The Balaban J connectivity index is 2.46. The third-order valence-electron chi connectivity index (χ3n) is 4.36. The van der Waals surface area contributed by atoms with Gasteiger partial charge >= 0.3 is 5.97 Å². The predicted octanol–water partition coefficient (Wildman–Crippen LogP) is 2.35. The second-order valence-corrected chi connectivity index (χ2v) is 6.11. The van der Waals surface area contributed by atoms with Crippen LogP contribution in [0.15, 0.2) is 11.6 Å². The van der Waals surface area contributed by atoms with E-state index in [9.17, 15) is 15.0 Å². The molecule has 4 heteroatoms. The van der Waals surface area contributed by atoms with Crippen molar-refractivity contribution in [1.29, 1.82) is 0 Å². The van der Waals surface area contributed by atoms with Crippen molar-refractivity contribution < 1.29 is 20.1 Å². The van der Waals surface area contributed by atoms with Crippen LogP contribution >= 0.6 is 0 Å². The molecule has 0 bridgehead atoms. The van der Waals surface area contributed by atoms with E-state index in [1.54, 1.807) is 13.8 Å². The number of aliphatic hydroxyl groups is 2. The standard InChI is InChI=1S/C15H26O4/c1-10(5-4-6-11(2)14(17)18)12-7-8-15(3,19)13(16)9-12/h5,11-13,16,19H,4,6-9H2,1-3H3,(H,17,18)/b10-5+/t11-,12-,13-,15+/m0/s1. The number of aliphatic hydroxyl groups excluding tert-OH is 1. The number of aliphatic carboxylic acids is 1.